The monoisotopic (exact) mass is 484 g/mol. The topological polar surface area (TPSA) is 110 Å². The van der Waals surface area contributed by atoms with Gasteiger partial charge in [0.25, 0.3) is 0 Å². The highest BCUT2D eigenvalue weighted by molar-refractivity contribution is 7.20. The molecule has 0 saturated carbocycles. The van der Waals surface area contributed by atoms with Crippen LogP contribution in [0, 0.1) is 0 Å². The Balaban J connectivity index is 1.81. The molecular weight excluding hydrogens is 456 g/mol. The number of carboxylic acids is 1. The summed E-state index contributed by atoms with van der Waals surface area (Å²) in [5.41, 5.74) is 0.665. The lowest BCUT2D eigenvalue weighted by atomic mass is 10.1. The molecule has 1 aromatic heterocycles. The Hall–Kier alpha value is -3.39. The molecule has 1 unspecified atom stereocenters. The van der Waals surface area contributed by atoms with E-state index < -0.39 is 5.97 Å². The number of fused-ring (bicyclic) bond motifs is 1. The Morgan fingerprint density at radius 1 is 1.12 bits per heavy atom. The van der Waals surface area contributed by atoms with Crippen molar-refractivity contribution in [3.8, 4) is 17.2 Å². The summed E-state index contributed by atoms with van der Waals surface area (Å²) in [5, 5.41) is 19.9. The Labute approximate surface area is 201 Å². The van der Waals surface area contributed by atoms with Crippen LogP contribution in [0.1, 0.15) is 65.6 Å². The Bertz CT molecular complexity index is 1260. The number of ether oxygens (including phenoxy) is 2. The van der Waals surface area contributed by atoms with Crippen molar-refractivity contribution in [3.63, 3.8) is 0 Å². The van der Waals surface area contributed by atoms with Gasteiger partial charge in [0, 0.05) is 28.1 Å². The maximum absolute atomic E-state index is 12.4. The van der Waals surface area contributed by atoms with E-state index in [-0.39, 0.29) is 33.5 Å². The van der Waals surface area contributed by atoms with Crippen LogP contribution in [0.4, 0.5) is 0 Å². The van der Waals surface area contributed by atoms with Crippen LogP contribution in [0.5, 0.6) is 17.2 Å². The number of rotatable bonds is 11. The van der Waals surface area contributed by atoms with Gasteiger partial charge in [0.15, 0.2) is 11.2 Å². The molecule has 180 valence electrons. The number of aromatic carboxylic acids is 1. The van der Waals surface area contributed by atoms with Crippen LogP contribution >= 0.6 is 11.3 Å². The Morgan fingerprint density at radius 3 is 2.53 bits per heavy atom. The molecule has 7 nitrogen and oxygen atoms in total. The number of carbonyl (C=O) groups is 2. The molecule has 8 heteroatoms. The summed E-state index contributed by atoms with van der Waals surface area (Å²) in [4.78, 5) is 35.8. The van der Waals surface area contributed by atoms with Crippen LogP contribution in [-0.4, -0.2) is 34.7 Å². The van der Waals surface area contributed by atoms with Crippen molar-refractivity contribution in [2.24, 2.45) is 0 Å². The van der Waals surface area contributed by atoms with Crippen LogP contribution < -0.4 is 14.9 Å². The van der Waals surface area contributed by atoms with Crippen molar-refractivity contribution >= 4 is 33.2 Å². The molecule has 0 aliphatic heterocycles. The highest BCUT2D eigenvalue weighted by Gasteiger charge is 2.19. The number of ketones is 1. The van der Waals surface area contributed by atoms with E-state index in [1.54, 1.807) is 24.3 Å². The van der Waals surface area contributed by atoms with Gasteiger partial charge in [0.2, 0.25) is 0 Å². The number of Topliss-reactive ketones (excluding diaryl/α,β-unsaturated/α-hetero) is 1. The first-order valence-corrected chi connectivity index (χ1v) is 12.0. The van der Waals surface area contributed by atoms with Crippen molar-refractivity contribution in [1.82, 2.24) is 0 Å². The number of phenolic OH excluding ortho intramolecular Hbond substituents is 1. The number of carbonyl (C=O) groups excluding carboxylic acids is 1. The highest BCUT2D eigenvalue weighted by Crippen LogP contribution is 2.33. The smallest absolute Gasteiger partial charge is 0.346 e. The molecule has 2 aromatic carbocycles. The average molecular weight is 485 g/mol. The summed E-state index contributed by atoms with van der Waals surface area (Å²) < 4.78 is 12.7. The van der Waals surface area contributed by atoms with Crippen LogP contribution in [0.3, 0.4) is 0 Å². The fourth-order valence-electron chi connectivity index (χ4n) is 3.78. The van der Waals surface area contributed by atoms with Crippen molar-refractivity contribution in [3.05, 3.63) is 62.6 Å². The first-order valence-electron chi connectivity index (χ1n) is 11.2. The number of hydrogen-bond donors (Lipinski definition) is 2. The van der Waals surface area contributed by atoms with Gasteiger partial charge in [0.1, 0.15) is 33.8 Å². The molecule has 0 fully saturated rings. The number of aromatic hydroxyl groups is 1. The third kappa shape index (κ3) is 5.56. The van der Waals surface area contributed by atoms with Gasteiger partial charge in [-0.3, -0.25) is 9.59 Å². The van der Waals surface area contributed by atoms with Crippen LogP contribution in [0.15, 0.2) is 41.2 Å². The van der Waals surface area contributed by atoms with Gasteiger partial charge in [0.05, 0.1) is 6.61 Å². The minimum absolute atomic E-state index is 0.00107. The molecule has 3 aromatic rings. The van der Waals surface area contributed by atoms with Crippen molar-refractivity contribution in [1.29, 1.82) is 0 Å². The molecule has 0 radical (unpaired) electrons. The third-order valence-corrected chi connectivity index (χ3v) is 6.65. The van der Waals surface area contributed by atoms with E-state index in [2.05, 4.69) is 0 Å². The lowest BCUT2D eigenvalue weighted by molar-refractivity contribution is 0.0701. The maximum Gasteiger partial charge on any atom is 0.346 e. The molecule has 0 aliphatic carbocycles. The fourth-order valence-corrected chi connectivity index (χ4v) is 4.86. The van der Waals surface area contributed by atoms with Gasteiger partial charge >= 0.3 is 5.97 Å². The molecule has 34 heavy (non-hydrogen) atoms. The van der Waals surface area contributed by atoms with Gasteiger partial charge in [-0.05, 0) is 44.0 Å². The van der Waals surface area contributed by atoms with Crippen LogP contribution in [-0.2, 0) is 6.42 Å². The van der Waals surface area contributed by atoms with Gasteiger partial charge in [-0.1, -0.05) is 26.3 Å². The van der Waals surface area contributed by atoms with E-state index in [1.165, 1.54) is 13.0 Å². The number of carboxylic acid groups (broad SMARTS) is 1. The fraction of sp³-hybridized carbons (Fsp3) is 0.346. The molecule has 3 rings (SSSR count). The SMILES string of the molecule is CCCc1c(OCCC(CC)Oc2cccc(O)c2C(C)=O)ccc2c(=O)cc(C(=O)O)sc12. The number of benzene rings is 2. The van der Waals surface area contributed by atoms with Gasteiger partial charge in [-0.15, -0.1) is 11.3 Å². The molecule has 0 aliphatic rings. The highest BCUT2D eigenvalue weighted by atomic mass is 32.1. The standard InChI is InChI=1S/C26H28O7S/c1-4-7-18-21(11-10-17-20(29)14-23(26(30)31)34-25(17)18)32-13-12-16(5-2)33-22-9-6-8-19(28)24(22)15(3)27/h6,8-11,14,16,28H,4-5,7,12-13H2,1-3H3,(H,30,31). The predicted octanol–water partition coefficient (Wildman–Crippen LogP) is 5.45. The molecule has 1 atom stereocenters. The molecular formula is C26H28O7S. The maximum atomic E-state index is 12.4. The second kappa shape index (κ2) is 11.2. The quantitative estimate of drug-likeness (QED) is 0.348. The van der Waals surface area contributed by atoms with Crippen LogP contribution in [0.25, 0.3) is 10.1 Å². The molecule has 0 amide bonds. The molecule has 2 N–H and O–H groups in total. The Kier molecular flexibility index (Phi) is 8.28. The minimum Gasteiger partial charge on any atom is -0.507 e. The lowest BCUT2D eigenvalue weighted by Gasteiger charge is -2.20. The Morgan fingerprint density at radius 2 is 1.88 bits per heavy atom. The van der Waals surface area contributed by atoms with Gasteiger partial charge in [-0.2, -0.15) is 0 Å². The molecule has 0 saturated heterocycles. The summed E-state index contributed by atoms with van der Waals surface area (Å²) in [6.45, 7) is 5.67. The average Bonchev–Trinajstić information content (AvgIpc) is 2.79. The third-order valence-electron chi connectivity index (χ3n) is 5.47. The van der Waals surface area contributed by atoms with E-state index in [0.717, 1.165) is 29.4 Å². The van der Waals surface area contributed by atoms with Gasteiger partial charge < -0.3 is 19.7 Å². The zero-order chi connectivity index (χ0) is 24.8. The second-order valence-electron chi connectivity index (χ2n) is 7.94. The number of hydrogen-bond acceptors (Lipinski definition) is 7. The van der Waals surface area contributed by atoms with Crippen molar-refractivity contribution < 1.29 is 29.3 Å². The number of aryl methyl sites for hydroxylation is 1. The summed E-state index contributed by atoms with van der Waals surface area (Å²) in [6.07, 6.45) is 2.40. The predicted molar refractivity (Wildman–Crippen MR) is 132 cm³/mol. The summed E-state index contributed by atoms with van der Waals surface area (Å²) in [7, 11) is 0. The summed E-state index contributed by atoms with van der Waals surface area (Å²) in [6, 6.07) is 9.33. The number of phenols is 1. The zero-order valence-corrected chi connectivity index (χ0v) is 20.2. The molecule has 0 bridgehead atoms. The van der Waals surface area contributed by atoms with E-state index in [4.69, 9.17) is 9.47 Å². The second-order valence-corrected chi connectivity index (χ2v) is 8.99. The zero-order valence-electron chi connectivity index (χ0n) is 19.4. The van der Waals surface area contributed by atoms with E-state index in [1.807, 2.05) is 13.8 Å². The molecule has 1 heterocycles. The molecule has 0 spiro atoms. The first kappa shape index (κ1) is 25.2. The van der Waals surface area contributed by atoms with Crippen molar-refractivity contribution in [2.45, 2.75) is 52.6 Å². The lowest BCUT2D eigenvalue weighted by Crippen LogP contribution is -2.20. The first-order chi connectivity index (χ1) is 16.3. The van der Waals surface area contributed by atoms with Gasteiger partial charge in [-0.25, -0.2) is 4.79 Å². The van der Waals surface area contributed by atoms with Crippen LogP contribution in [0.2, 0.25) is 0 Å². The van der Waals surface area contributed by atoms with E-state index in [9.17, 15) is 24.6 Å². The normalized spacial score (nSPS) is 11.9. The van der Waals surface area contributed by atoms with E-state index in [0.29, 0.717) is 47.5 Å². The minimum atomic E-state index is -1.13. The van der Waals surface area contributed by atoms with E-state index >= 15 is 0 Å². The summed E-state index contributed by atoms with van der Waals surface area (Å²) >= 11 is 1.08. The largest absolute Gasteiger partial charge is 0.507 e. The summed E-state index contributed by atoms with van der Waals surface area (Å²) in [5.74, 6) is -0.569. The van der Waals surface area contributed by atoms with Crippen molar-refractivity contribution in [2.75, 3.05) is 6.61 Å².